The molecule has 1 aromatic rings. The smallest absolute Gasteiger partial charge is 0.407 e. The van der Waals surface area contributed by atoms with Crippen LogP contribution < -0.4 is 5.32 Å². The molecule has 3 atom stereocenters. The lowest BCUT2D eigenvalue weighted by Gasteiger charge is -2.53. The maximum absolute atomic E-state index is 12.1. The van der Waals surface area contributed by atoms with E-state index in [1.165, 1.54) is 5.56 Å². The molecule has 0 radical (unpaired) electrons. The molecule has 1 saturated heterocycles. The number of hydrogen-bond acceptors (Lipinski definition) is 4. The van der Waals surface area contributed by atoms with Crippen molar-refractivity contribution in [1.82, 2.24) is 10.2 Å². The molecule has 26 heavy (non-hydrogen) atoms. The second-order valence-electron chi connectivity index (χ2n) is 8.97. The van der Waals surface area contributed by atoms with Crippen LogP contribution >= 0.6 is 0 Å². The maximum Gasteiger partial charge on any atom is 0.407 e. The van der Waals surface area contributed by atoms with Crippen molar-refractivity contribution in [3.05, 3.63) is 35.9 Å². The summed E-state index contributed by atoms with van der Waals surface area (Å²) in [6.45, 7) is 8.65. The minimum absolute atomic E-state index is 0.279. The summed E-state index contributed by atoms with van der Waals surface area (Å²) >= 11 is 0. The molecule has 2 aliphatic rings. The quantitative estimate of drug-likeness (QED) is 0.866. The van der Waals surface area contributed by atoms with E-state index in [0.717, 1.165) is 38.9 Å². The number of alkyl carbamates (subject to hydrolysis) is 1. The number of aliphatic hydroxyl groups is 1. The zero-order valence-corrected chi connectivity index (χ0v) is 16.2. The van der Waals surface area contributed by atoms with E-state index in [1.807, 2.05) is 26.8 Å². The summed E-state index contributed by atoms with van der Waals surface area (Å²) in [5.41, 5.74) is 0.492. The average molecular weight is 360 g/mol. The fraction of sp³-hybridized carbons (Fsp3) is 0.667. The third kappa shape index (κ3) is 4.57. The Morgan fingerprint density at radius 2 is 2.08 bits per heavy atom. The van der Waals surface area contributed by atoms with Crippen molar-refractivity contribution < 1.29 is 14.6 Å². The van der Waals surface area contributed by atoms with Gasteiger partial charge in [-0.25, -0.2) is 4.79 Å². The molecule has 1 saturated carbocycles. The van der Waals surface area contributed by atoms with Gasteiger partial charge in [-0.1, -0.05) is 36.8 Å². The van der Waals surface area contributed by atoms with Gasteiger partial charge in [0.05, 0.1) is 6.10 Å². The number of aliphatic hydroxyl groups excluding tert-OH is 1. The number of nitrogens with zero attached hydrogens (tertiary/aromatic N) is 1. The number of rotatable bonds is 4. The van der Waals surface area contributed by atoms with E-state index in [1.54, 1.807) is 0 Å². The molecule has 5 heteroatoms. The van der Waals surface area contributed by atoms with Crippen molar-refractivity contribution in [2.75, 3.05) is 19.6 Å². The number of carbonyl (C=O) groups is 1. The van der Waals surface area contributed by atoms with Gasteiger partial charge in [-0.05, 0) is 45.1 Å². The summed E-state index contributed by atoms with van der Waals surface area (Å²) in [5, 5.41) is 13.9. The Kier molecular flexibility index (Phi) is 5.58. The molecule has 1 aliphatic heterocycles. The Morgan fingerprint density at radius 3 is 2.77 bits per heavy atom. The molecule has 0 aromatic heterocycles. The average Bonchev–Trinajstić information content (AvgIpc) is 2.54. The summed E-state index contributed by atoms with van der Waals surface area (Å²) in [5.74, 6) is 0.279. The standard InChI is InChI=1S/C21H32N2O3/c1-20(2,3)26-19(25)22-14-21-11-7-10-17(18(21)24)13-23(15-21)12-16-8-5-4-6-9-16/h4-6,8-9,17-18,24H,7,10-15H2,1-3H3,(H,22,25). The summed E-state index contributed by atoms with van der Waals surface area (Å²) < 4.78 is 5.38. The molecule has 1 aromatic carbocycles. The normalized spacial score (nSPS) is 29.2. The predicted octanol–water partition coefficient (Wildman–Crippen LogP) is 3.17. The van der Waals surface area contributed by atoms with Gasteiger partial charge in [0.2, 0.25) is 0 Å². The van der Waals surface area contributed by atoms with E-state index >= 15 is 0 Å². The number of benzene rings is 1. The number of hydrogen-bond donors (Lipinski definition) is 2. The van der Waals surface area contributed by atoms with Crippen LogP contribution in [0, 0.1) is 11.3 Å². The Hall–Kier alpha value is -1.59. The lowest BCUT2D eigenvalue weighted by molar-refractivity contribution is -0.114. The van der Waals surface area contributed by atoms with Crippen molar-refractivity contribution in [1.29, 1.82) is 0 Å². The van der Waals surface area contributed by atoms with Gasteiger partial charge < -0.3 is 15.2 Å². The SMILES string of the molecule is CC(C)(C)OC(=O)NCC12CCCC(CN(Cc3ccccc3)C1)C2O. The molecule has 1 aliphatic carbocycles. The molecule has 0 spiro atoms. The molecular formula is C21H32N2O3. The molecular weight excluding hydrogens is 328 g/mol. The predicted molar refractivity (Wildman–Crippen MR) is 102 cm³/mol. The molecule has 1 heterocycles. The first-order chi connectivity index (χ1) is 12.3. The molecule has 5 nitrogen and oxygen atoms in total. The van der Waals surface area contributed by atoms with E-state index in [0.29, 0.717) is 6.54 Å². The first-order valence-electron chi connectivity index (χ1n) is 9.69. The zero-order chi connectivity index (χ0) is 18.8. The molecule has 1 amide bonds. The van der Waals surface area contributed by atoms with Gasteiger partial charge in [0.1, 0.15) is 5.60 Å². The van der Waals surface area contributed by atoms with E-state index in [9.17, 15) is 9.90 Å². The number of fused-ring (bicyclic) bond motifs is 2. The van der Waals surface area contributed by atoms with E-state index in [2.05, 4.69) is 34.5 Å². The number of ether oxygens (including phenoxy) is 1. The van der Waals surface area contributed by atoms with Crippen LogP contribution in [-0.4, -0.2) is 47.4 Å². The minimum Gasteiger partial charge on any atom is -0.444 e. The highest BCUT2D eigenvalue weighted by Crippen LogP contribution is 2.44. The van der Waals surface area contributed by atoms with Crippen LogP contribution in [0.25, 0.3) is 0 Å². The topological polar surface area (TPSA) is 61.8 Å². The third-order valence-electron chi connectivity index (χ3n) is 5.59. The monoisotopic (exact) mass is 360 g/mol. The summed E-state index contributed by atoms with van der Waals surface area (Å²) in [6, 6.07) is 10.5. The zero-order valence-electron chi connectivity index (χ0n) is 16.2. The van der Waals surface area contributed by atoms with Crippen molar-refractivity contribution in [3.63, 3.8) is 0 Å². The first kappa shape index (κ1) is 19.2. The third-order valence-corrected chi connectivity index (χ3v) is 5.59. The molecule has 3 unspecified atom stereocenters. The van der Waals surface area contributed by atoms with Gasteiger partial charge in [0.25, 0.3) is 0 Å². The fourth-order valence-corrected chi connectivity index (χ4v) is 4.50. The van der Waals surface area contributed by atoms with Gasteiger partial charge in [-0.2, -0.15) is 0 Å². The van der Waals surface area contributed by atoms with Crippen LogP contribution in [0.5, 0.6) is 0 Å². The number of likely N-dealkylation sites (tertiary alicyclic amines) is 1. The molecule has 2 fully saturated rings. The van der Waals surface area contributed by atoms with E-state index < -0.39 is 11.7 Å². The Labute approximate surface area is 156 Å². The summed E-state index contributed by atoms with van der Waals surface area (Å²) in [6.07, 6.45) is 2.34. The number of carbonyl (C=O) groups excluding carboxylic acids is 1. The Balaban J connectivity index is 1.67. The van der Waals surface area contributed by atoms with Crippen molar-refractivity contribution in [2.45, 2.75) is 58.3 Å². The second kappa shape index (κ2) is 7.57. The molecule has 3 rings (SSSR count). The Bertz CT molecular complexity index is 613. The highest BCUT2D eigenvalue weighted by atomic mass is 16.6. The second-order valence-corrected chi connectivity index (χ2v) is 8.97. The Morgan fingerprint density at radius 1 is 1.35 bits per heavy atom. The number of piperidine rings is 1. The van der Waals surface area contributed by atoms with Crippen LogP contribution in [0.4, 0.5) is 4.79 Å². The number of nitrogens with one attached hydrogen (secondary N) is 1. The van der Waals surface area contributed by atoms with Gasteiger partial charge in [0.15, 0.2) is 0 Å². The van der Waals surface area contributed by atoms with Crippen molar-refractivity contribution in [2.24, 2.45) is 11.3 Å². The maximum atomic E-state index is 12.1. The van der Waals surface area contributed by atoms with Gasteiger partial charge >= 0.3 is 6.09 Å². The van der Waals surface area contributed by atoms with Gasteiger partial charge in [-0.15, -0.1) is 0 Å². The van der Waals surface area contributed by atoms with E-state index in [-0.39, 0.29) is 17.4 Å². The minimum atomic E-state index is -0.513. The van der Waals surface area contributed by atoms with Crippen LogP contribution in [0.2, 0.25) is 0 Å². The molecule has 2 N–H and O–H groups in total. The lowest BCUT2D eigenvalue weighted by Crippen LogP contribution is -2.62. The largest absolute Gasteiger partial charge is 0.444 e. The van der Waals surface area contributed by atoms with Crippen LogP contribution in [0.3, 0.4) is 0 Å². The van der Waals surface area contributed by atoms with Crippen LogP contribution in [0.1, 0.15) is 45.6 Å². The van der Waals surface area contributed by atoms with Gasteiger partial charge in [0, 0.05) is 31.6 Å². The molecule has 2 bridgehead atoms. The van der Waals surface area contributed by atoms with Crippen LogP contribution in [-0.2, 0) is 11.3 Å². The van der Waals surface area contributed by atoms with Gasteiger partial charge in [-0.3, -0.25) is 4.90 Å². The highest BCUT2D eigenvalue weighted by Gasteiger charge is 2.49. The van der Waals surface area contributed by atoms with Crippen molar-refractivity contribution in [3.8, 4) is 0 Å². The van der Waals surface area contributed by atoms with Crippen LogP contribution in [0.15, 0.2) is 30.3 Å². The number of amides is 1. The fourth-order valence-electron chi connectivity index (χ4n) is 4.50. The van der Waals surface area contributed by atoms with Crippen molar-refractivity contribution >= 4 is 6.09 Å². The molecule has 144 valence electrons. The highest BCUT2D eigenvalue weighted by molar-refractivity contribution is 5.67. The first-order valence-corrected chi connectivity index (χ1v) is 9.69. The summed E-state index contributed by atoms with van der Waals surface area (Å²) in [7, 11) is 0. The van der Waals surface area contributed by atoms with E-state index in [4.69, 9.17) is 4.74 Å². The summed E-state index contributed by atoms with van der Waals surface area (Å²) in [4.78, 5) is 14.5. The lowest BCUT2D eigenvalue weighted by atomic mass is 9.64.